The maximum atomic E-state index is 5.32. The number of hydrogen-bond acceptors (Lipinski definition) is 2. The summed E-state index contributed by atoms with van der Waals surface area (Å²) in [6.45, 7) is 11.7. The Labute approximate surface area is 76.7 Å². The van der Waals surface area contributed by atoms with Crippen molar-refractivity contribution in [3.8, 4) is 0 Å². The molecule has 0 rings (SSSR count). The Hall–Kier alpha value is -0.0800. The van der Waals surface area contributed by atoms with E-state index in [9.17, 15) is 0 Å². The van der Waals surface area contributed by atoms with E-state index in [1.165, 1.54) is 0 Å². The van der Waals surface area contributed by atoms with Crippen LogP contribution in [0.2, 0.25) is 0 Å². The molecule has 0 atom stereocenters. The Balaban J connectivity index is 3.82. The zero-order valence-electron chi connectivity index (χ0n) is 9.32. The summed E-state index contributed by atoms with van der Waals surface area (Å²) in [5.74, 6) is 0. The van der Waals surface area contributed by atoms with Crippen LogP contribution in [0, 0.1) is 0 Å². The quantitative estimate of drug-likeness (QED) is 0.688. The smallest absolute Gasteiger partial charge is 0.0746 e. The number of nitrogens with one attached hydrogen (secondary N) is 1. The zero-order chi connectivity index (χ0) is 9.83. The van der Waals surface area contributed by atoms with Crippen LogP contribution < -0.4 is 5.32 Å². The van der Waals surface area contributed by atoms with Gasteiger partial charge in [0.15, 0.2) is 0 Å². The number of methoxy groups -OCH3 is 1. The molecule has 0 fully saturated rings. The second-order valence-corrected chi connectivity index (χ2v) is 4.55. The molecule has 0 spiro atoms. The van der Waals surface area contributed by atoms with Gasteiger partial charge >= 0.3 is 0 Å². The Bertz CT molecular complexity index is 114. The van der Waals surface area contributed by atoms with Crippen molar-refractivity contribution in [2.24, 2.45) is 0 Å². The van der Waals surface area contributed by atoms with Gasteiger partial charge in [-0.3, -0.25) is 0 Å². The molecule has 0 aromatic carbocycles. The van der Waals surface area contributed by atoms with Crippen LogP contribution in [0.15, 0.2) is 0 Å². The average molecular weight is 173 g/mol. The maximum absolute atomic E-state index is 5.32. The molecule has 0 saturated carbocycles. The van der Waals surface area contributed by atoms with E-state index in [1.807, 2.05) is 0 Å². The molecular weight excluding hydrogens is 150 g/mol. The van der Waals surface area contributed by atoms with E-state index in [0.717, 1.165) is 13.0 Å². The molecule has 74 valence electrons. The highest BCUT2D eigenvalue weighted by molar-refractivity contribution is 4.80. The molecule has 1 N–H and O–H groups in total. The molecule has 0 aliphatic heterocycles. The minimum absolute atomic E-state index is 0.0631. The van der Waals surface area contributed by atoms with Crippen LogP contribution >= 0.6 is 0 Å². The van der Waals surface area contributed by atoms with Crippen molar-refractivity contribution in [1.29, 1.82) is 0 Å². The van der Waals surface area contributed by atoms with Crippen molar-refractivity contribution in [1.82, 2.24) is 5.32 Å². The van der Waals surface area contributed by atoms with E-state index >= 15 is 0 Å². The molecule has 2 heteroatoms. The van der Waals surface area contributed by atoms with Crippen LogP contribution in [0.1, 0.15) is 41.0 Å². The molecule has 0 aromatic heterocycles. The topological polar surface area (TPSA) is 21.3 Å². The van der Waals surface area contributed by atoms with Crippen LogP contribution in [-0.2, 0) is 4.74 Å². The lowest BCUT2D eigenvalue weighted by Crippen LogP contribution is -2.47. The van der Waals surface area contributed by atoms with Gasteiger partial charge in [-0.25, -0.2) is 0 Å². The van der Waals surface area contributed by atoms with Crippen molar-refractivity contribution in [2.75, 3.05) is 13.7 Å². The summed E-state index contributed by atoms with van der Waals surface area (Å²) >= 11 is 0. The normalized spacial score (nSPS) is 13.5. The van der Waals surface area contributed by atoms with E-state index in [0.29, 0.717) is 0 Å². The van der Waals surface area contributed by atoms with Gasteiger partial charge in [-0.15, -0.1) is 0 Å². The first kappa shape index (κ1) is 11.9. The average Bonchev–Trinajstić information content (AvgIpc) is 2.02. The molecule has 0 aromatic rings. The van der Waals surface area contributed by atoms with Gasteiger partial charge < -0.3 is 10.1 Å². The van der Waals surface area contributed by atoms with Crippen molar-refractivity contribution in [2.45, 2.75) is 52.2 Å². The number of ether oxygens (including phenoxy) is 1. The molecule has 0 aliphatic carbocycles. The lowest BCUT2D eigenvalue weighted by atomic mass is 10.00. The standard InChI is InChI=1S/C10H23NO/c1-7-9(2,3)11-8-10(4,5)12-6/h11H,7-8H2,1-6H3. The van der Waals surface area contributed by atoms with Crippen LogP contribution in [0.3, 0.4) is 0 Å². The van der Waals surface area contributed by atoms with Crippen molar-refractivity contribution in [3.05, 3.63) is 0 Å². The molecule has 0 radical (unpaired) electrons. The van der Waals surface area contributed by atoms with E-state index in [-0.39, 0.29) is 11.1 Å². The molecule has 0 unspecified atom stereocenters. The molecule has 0 heterocycles. The van der Waals surface area contributed by atoms with Gasteiger partial charge in [0, 0.05) is 19.2 Å². The Morgan fingerprint density at radius 2 is 1.67 bits per heavy atom. The third-order valence-corrected chi connectivity index (χ3v) is 2.43. The fraction of sp³-hybridized carbons (Fsp3) is 1.00. The minimum atomic E-state index is -0.0631. The number of hydrogen-bond donors (Lipinski definition) is 1. The largest absolute Gasteiger partial charge is 0.377 e. The van der Waals surface area contributed by atoms with Gasteiger partial charge in [-0.05, 0) is 34.1 Å². The summed E-state index contributed by atoms with van der Waals surface area (Å²) in [4.78, 5) is 0. The molecule has 12 heavy (non-hydrogen) atoms. The first-order valence-corrected chi connectivity index (χ1v) is 4.63. The first-order chi connectivity index (χ1) is 5.33. The van der Waals surface area contributed by atoms with Crippen LogP contribution in [0.4, 0.5) is 0 Å². The highest BCUT2D eigenvalue weighted by Gasteiger charge is 2.21. The Morgan fingerprint density at radius 3 is 2.00 bits per heavy atom. The molecule has 0 aliphatic rings. The minimum Gasteiger partial charge on any atom is -0.377 e. The molecule has 0 saturated heterocycles. The maximum Gasteiger partial charge on any atom is 0.0746 e. The van der Waals surface area contributed by atoms with Crippen LogP contribution in [0.5, 0.6) is 0 Å². The van der Waals surface area contributed by atoms with Crippen molar-refractivity contribution >= 4 is 0 Å². The summed E-state index contributed by atoms with van der Waals surface area (Å²) in [6, 6.07) is 0. The lowest BCUT2D eigenvalue weighted by Gasteiger charge is -2.31. The molecule has 0 amide bonds. The summed E-state index contributed by atoms with van der Waals surface area (Å²) < 4.78 is 5.32. The number of rotatable bonds is 5. The SMILES string of the molecule is CCC(C)(C)NCC(C)(C)OC. The van der Waals surface area contributed by atoms with Crippen LogP contribution in [0.25, 0.3) is 0 Å². The molecule has 0 bridgehead atoms. The summed E-state index contributed by atoms with van der Waals surface area (Å²) in [5.41, 5.74) is 0.155. The van der Waals surface area contributed by atoms with E-state index in [2.05, 4.69) is 39.9 Å². The molecular formula is C10H23NO. The summed E-state index contributed by atoms with van der Waals surface area (Å²) in [5, 5.41) is 3.47. The van der Waals surface area contributed by atoms with Crippen molar-refractivity contribution in [3.63, 3.8) is 0 Å². The van der Waals surface area contributed by atoms with E-state index in [1.54, 1.807) is 7.11 Å². The van der Waals surface area contributed by atoms with E-state index in [4.69, 9.17) is 4.74 Å². The predicted molar refractivity (Wildman–Crippen MR) is 53.5 cm³/mol. The first-order valence-electron chi connectivity index (χ1n) is 4.63. The Kier molecular flexibility index (Phi) is 4.21. The zero-order valence-corrected chi connectivity index (χ0v) is 9.32. The second-order valence-electron chi connectivity index (χ2n) is 4.55. The molecule has 2 nitrogen and oxygen atoms in total. The monoisotopic (exact) mass is 173 g/mol. The third-order valence-electron chi connectivity index (χ3n) is 2.43. The van der Waals surface area contributed by atoms with Crippen LogP contribution in [-0.4, -0.2) is 24.8 Å². The third kappa shape index (κ3) is 4.73. The highest BCUT2D eigenvalue weighted by Crippen LogP contribution is 2.11. The summed E-state index contributed by atoms with van der Waals surface area (Å²) in [7, 11) is 1.75. The summed E-state index contributed by atoms with van der Waals surface area (Å²) in [6.07, 6.45) is 1.13. The second kappa shape index (κ2) is 4.24. The fourth-order valence-corrected chi connectivity index (χ4v) is 0.649. The van der Waals surface area contributed by atoms with Gasteiger partial charge in [0.2, 0.25) is 0 Å². The van der Waals surface area contributed by atoms with Gasteiger partial charge in [0.1, 0.15) is 0 Å². The fourth-order valence-electron chi connectivity index (χ4n) is 0.649. The highest BCUT2D eigenvalue weighted by atomic mass is 16.5. The lowest BCUT2D eigenvalue weighted by molar-refractivity contribution is 0.0176. The van der Waals surface area contributed by atoms with Gasteiger partial charge in [0.05, 0.1) is 5.60 Å². The Morgan fingerprint density at radius 1 is 1.17 bits per heavy atom. The van der Waals surface area contributed by atoms with Gasteiger partial charge in [0.25, 0.3) is 0 Å². The van der Waals surface area contributed by atoms with Crippen molar-refractivity contribution < 1.29 is 4.74 Å². The van der Waals surface area contributed by atoms with Gasteiger partial charge in [-0.1, -0.05) is 6.92 Å². The predicted octanol–water partition coefficient (Wildman–Crippen LogP) is 2.19. The van der Waals surface area contributed by atoms with E-state index < -0.39 is 0 Å². The van der Waals surface area contributed by atoms with Gasteiger partial charge in [-0.2, -0.15) is 0 Å².